The van der Waals surface area contributed by atoms with E-state index in [0.29, 0.717) is 31.9 Å². The van der Waals surface area contributed by atoms with Gasteiger partial charge in [-0.05, 0) is 45.6 Å². The van der Waals surface area contributed by atoms with Gasteiger partial charge >= 0.3 is 20.6 Å². The van der Waals surface area contributed by atoms with E-state index in [1.165, 1.54) is 4.90 Å². The lowest BCUT2D eigenvalue weighted by atomic mass is 10.3. The Morgan fingerprint density at radius 1 is 1.29 bits per heavy atom. The van der Waals surface area contributed by atoms with Gasteiger partial charge in [0.2, 0.25) is 0 Å². The second kappa shape index (κ2) is 11.1. The van der Waals surface area contributed by atoms with Crippen molar-refractivity contribution in [1.29, 1.82) is 0 Å². The molecule has 0 saturated carbocycles. The maximum atomic E-state index is 11.9. The van der Waals surface area contributed by atoms with Crippen LogP contribution < -0.4 is 0 Å². The lowest BCUT2D eigenvalue weighted by Crippen LogP contribution is -2.46. The van der Waals surface area contributed by atoms with Crippen molar-refractivity contribution in [3.05, 3.63) is 12.2 Å². The molecule has 1 aliphatic heterocycles. The van der Waals surface area contributed by atoms with Crippen molar-refractivity contribution in [1.82, 2.24) is 4.90 Å². The van der Waals surface area contributed by atoms with Crippen LogP contribution in [-0.4, -0.2) is 80.0 Å². The topological polar surface area (TPSA) is 83.5 Å². The highest BCUT2D eigenvalue weighted by atomic mass is 28.4. The molecule has 162 valence electrons. The Morgan fingerprint density at radius 3 is 2.54 bits per heavy atom. The quantitative estimate of drug-likeness (QED) is 0.191. The zero-order valence-electron chi connectivity index (χ0n) is 18.0. The Labute approximate surface area is 170 Å². The van der Waals surface area contributed by atoms with Gasteiger partial charge in [-0.2, -0.15) is 0 Å². The molecule has 8 nitrogen and oxygen atoms in total. The molecule has 0 spiro atoms. The van der Waals surface area contributed by atoms with Crippen LogP contribution in [0.1, 0.15) is 13.3 Å². The van der Waals surface area contributed by atoms with Crippen molar-refractivity contribution in [2.45, 2.75) is 51.7 Å². The standard InChI is InChI=1S/C18H35NO7Si2/c1-15(2)17(20)24-11-9-19-13-16(25-18(19)21)14-23-10-8-12-28(7,22-3)26-27(4,5)6/h16H,1,8-14H2,2-7H3. The predicted octanol–water partition coefficient (Wildman–Crippen LogP) is 2.90. The largest absolute Gasteiger partial charge is 0.460 e. The lowest BCUT2D eigenvalue weighted by Gasteiger charge is -2.32. The number of hydrogen-bond donors (Lipinski definition) is 0. The Morgan fingerprint density at radius 2 is 1.96 bits per heavy atom. The fourth-order valence-corrected chi connectivity index (χ4v) is 9.68. The summed E-state index contributed by atoms with van der Waals surface area (Å²) in [4.78, 5) is 24.7. The van der Waals surface area contributed by atoms with Crippen molar-refractivity contribution in [2.24, 2.45) is 0 Å². The van der Waals surface area contributed by atoms with Crippen LogP contribution in [-0.2, 0) is 27.5 Å². The zero-order valence-corrected chi connectivity index (χ0v) is 20.0. The smallest absolute Gasteiger partial charge is 0.410 e. The van der Waals surface area contributed by atoms with E-state index in [4.69, 9.17) is 22.8 Å². The van der Waals surface area contributed by atoms with Gasteiger partial charge in [0.05, 0.1) is 19.7 Å². The molecule has 0 aromatic rings. The average molecular weight is 434 g/mol. The number of amides is 1. The number of cyclic esters (lactones) is 1. The minimum Gasteiger partial charge on any atom is -0.460 e. The van der Waals surface area contributed by atoms with Gasteiger partial charge in [-0.25, -0.2) is 9.59 Å². The Balaban J connectivity index is 2.23. The maximum absolute atomic E-state index is 11.9. The molecule has 1 heterocycles. The molecule has 0 aromatic heterocycles. The maximum Gasteiger partial charge on any atom is 0.410 e. The molecule has 28 heavy (non-hydrogen) atoms. The SMILES string of the molecule is C=C(C)C(=O)OCCN1CC(COCCC[Si](C)(OC)O[Si](C)(C)C)OC1=O. The molecule has 0 aliphatic carbocycles. The van der Waals surface area contributed by atoms with Crippen LogP contribution in [0.3, 0.4) is 0 Å². The number of hydrogen-bond acceptors (Lipinski definition) is 7. The van der Waals surface area contributed by atoms with Crippen LogP contribution in [0.15, 0.2) is 12.2 Å². The van der Waals surface area contributed by atoms with Crippen LogP contribution in [0.2, 0.25) is 32.2 Å². The molecule has 0 N–H and O–H groups in total. The summed E-state index contributed by atoms with van der Waals surface area (Å²) in [6.07, 6.45) is 0.110. The minimum atomic E-state index is -2.15. The summed E-state index contributed by atoms with van der Waals surface area (Å²) in [6.45, 7) is 15.4. The van der Waals surface area contributed by atoms with Gasteiger partial charge in [0.15, 0.2) is 8.32 Å². The van der Waals surface area contributed by atoms with Gasteiger partial charge < -0.3 is 27.7 Å². The van der Waals surface area contributed by atoms with Crippen molar-refractivity contribution in [2.75, 3.05) is 40.0 Å². The lowest BCUT2D eigenvalue weighted by molar-refractivity contribution is -0.139. The van der Waals surface area contributed by atoms with E-state index in [0.717, 1.165) is 12.5 Å². The first-order valence-corrected chi connectivity index (χ1v) is 15.5. The van der Waals surface area contributed by atoms with E-state index in [2.05, 4.69) is 32.8 Å². The van der Waals surface area contributed by atoms with Crippen molar-refractivity contribution < 1.29 is 32.3 Å². The van der Waals surface area contributed by atoms with E-state index in [-0.39, 0.29) is 12.7 Å². The normalized spacial score (nSPS) is 19.3. The molecular formula is C18H35NO7Si2. The van der Waals surface area contributed by atoms with Gasteiger partial charge in [0.1, 0.15) is 12.7 Å². The van der Waals surface area contributed by atoms with Crippen LogP contribution in [0.4, 0.5) is 4.79 Å². The number of carbonyl (C=O) groups excluding carboxylic acids is 2. The predicted molar refractivity (Wildman–Crippen MR) is 111 cm³/mol. The second-order valence-corrected chi connectivity index (χ2v) is 16.3. The van der Waals surface area contributed by atoms with Gasteiger partial charge in [-0.3, -0.25) is 0 Å². The summed E-state index contributed by atoms with van der Waals surface area (Å²) >= 11 is 0. The van der Waals surface area contributed by atoms with Crippen LogP contribution in [0, 0.1) is 0 Å². The van der Waals surface area contributed by atoms with E-state index in [9.17, 15) is 9.59 Å². The first-order chi connectivity index (χ1) is 13.0. The van der Waals surface area contributed by atoms with Crippen molar-refractivity contribution in [3.8, 4) is 0 Å². The van der Waals surface area contributed by atoms with E-state index in [1.807, 2.05) is 0 Å². The fourth-order valence-electron chi connectivity index (χ4n) is 2.77. The number of esters is 1. The molecule has 1 fully saturated rings. The average Bonchev–Trinajstić information content (AvgIpc) is 2.92. The summed E-state index contributed by atoms with van der Waals surface area (Å²) in [7, 11) is -2.09. The number of carbonyl (C=O) groups is 2. The summed E-state index contributed by atoms with van der Waals surface area (Å²) in [5.41, 5.74) is 0.332. The van der Waals surface area contributed by atoms with E-state index >= 15 is 0 Å². The minimum absolute atomic E-state index is 0.117. The Hall–Kier alpha value is -1.21. The fraction of sp³-hybridized carbons (Fsp3) is 0.778. The summed E-state index contributed by atoms with van der Waals surface area (Å²) in [5, 5.41) is 0. The monoisotopic (exact) mass is 433 g/mol. The van der Waals surface area contributed by atoms with Gasteiger partial charge in [0, 0.05) is 19.3 Å². The zero-order chi connectivity index (χ0) is 21.4. The molecule has 1 aliphatic rings. The van der Waals surface area contributed by atoms with Gasteiger partial charge in [0.25, 0.3) is 0 Å². The highest BCUT2D eigenvalue weighted by Gasteiger charge is 2.35. The van der Waals surface area contributed by atoms with Crippen molar-refractivity contribution in [3.63, 3.8) is 0 Å². The third-order valence-corrected chi connectivity index (χ3v) is 10.4. The summed E-state index contributed by atoms with van der Waals surface area (Å²) in [5.74, 6) is -0.461. The highest BCUT2D eigenvalue weighted by molar-refractivity contribution is 6.81. The molecule has 0 bridgehead atoms. The third kappa shape index (κ3) is 9.33. The Kier molecular flexibility index (Phi) is 9.84. The summed E-state index contributed by atoms with van der Waals surface area (Å²) in [6, 6.07) is 0.860. The van der Waals surface area contributed by atoms with E-state index < -0.39 is 28.9 Å². The molecule has 0 radical (unpaired) electrons. The highest BCUT2D eigenvalue weighted by Crippen LogP contribution is 2.21. The molecule has 1 amide bonds. The number of rotatable bonds is 13. The molecular weight excluding hydrogens is 398 g/mol. The van der Waals surface area contributed by atoms with Crippen LogP contribution in [0.5, 0.6) is 0 Å². The second-order valence-electron chi connectivity index (χ2n) is 8.10. The summed E-state index contributed by atoms with van der Waals surface area (Å²) < 4.78 is 27.9. The molecule has 0 aromatic carbocycles. The molecule has 2 unspecified atom stereocenters. The molecule has 10 heteroatoms. The van der Waals surface area contributed by atoms with Gasteiger partial charge in [-0.15, -0.1) is 0 Å². The molecule has 1 rings (SSSR count). The third-order valence-electron chi connectivity index (χ3n) is 4.07. The van der Waals surface area contributed by atoms with Crippen LogP contribution in [0.25, 0.3) is 0 Å². The first kappa shape index (κ1) is 24.8. The van der Waals surface area contributed by atoms with Gasteiger partial charge in [-0.1, -0.05) is 6.58 Å². The molecule has 1 saturated heterocycles. The molecule has 2 atom stereocenters. The number of ether oxygens (including phenoxy) is 3. The first-order valence-electron chi connectivity index (χ1n) is 9.57. The van der Waals surface area contributed by atoms with Crippen LogP contribution >= 0.6 is 0 Å². The van der Waals surface area contributed by atoms with E-state index in [1.54, 1.807) is 14.0 Å². The Bertz CT molecular complexity index is 553. The van der Waals surface area contributed by atoms with Crippen molar-refractivity contribution >= 4 is 28.9 Å². The number of nitrogens with zero attached hydrogens (tertiary/aromatic N) is 1.